The Morgan fingerprint density at radius 3 is 2.59 bits per heavy atom. The lowest BCUT2D eigenvalue weighted by Crippen LogP contribution is -2.31. The fourth-order valence-electron chi connectivity index (χ4n) is 2.23. The third-order valence-corrected chi connectivity index (χ3v) is 3.35. The number of benzene rings is 1. The van der Waals surface area contributed by atoms with Gasteiger partial charge in [0.15, 0.2) is 0 Å². The van der Waals surface area contributed by atoms with Gasteiger partial charge in [0.1, 0.15) is 5.60 Å². The number of rotatable bonds is 4. The van der Waals surface area contributed by atoms with Crippen LogP contribution in [0.4, 0.5) is 0 Å². The SMILES string of the molecule is CCCC(C#N)C(C)(O)c1cc(C)ccc1C. The van der Waals surface area contributed by atoms with Crippen LogP contribution in [0.15, 0.2) is 18.2 Å². The van der Waals surface area contributed by atoms with E-state index in [2.05, 4.69) is 6.07 Å². The molecule has 0 saturated heterocycles. The highest BCUT2D eigenvalue weighted by atomic mass is 16.3. The minimum Gasteiger partial charge on any atom is -0.384 e. The van der Waals surface area contributed by atoms with Gasteiger partial charge in [-0.2, -0.15) is 5.26 Å². The largest absolute Gasteiger partial charge is 0.384 e. The molecule has 17 heavy (non-hydrogen) atoms. The predicted molar refractivity (Wildman–Crippen MR) is 69.5 cm³/mol. The molecular weight excluding hydrogens is 210 g/mol. The molecule has 2 nitrogen and oxygen atoms in total. The van der Waals surface area contributed by atoms with E-state index in [1.54, 1.807) is 6.92 Å². The first kappa shape index (κ1) is 13.7. The molecule has 0 aliphatic carbocycles. The molecule has 1 aromatic carbocycles. The maximum Gasteiger partial charge on any atom is 0.103 e. The van der Waals surface area contributed by atoms with Crippen LogP contribution in [-0.2, 0) is 5.60 Å². The van der Waals surface area contributed by atoms with Gasteiger partial charge in [-0.3, -0.25) is 0 Å². The standard InChI is InChI=1S/C15H21NO/c1-5-6-13(10-16)15(4,17)14-9-11(2)7-8-12(14)3/h7-9,13,17H,5-6H2,1-4H3. The van der Waals surface area contributed by atoms with Crippen molar-refractivity contribution in [3.63, 3.8) is 0 Å². The Balaban J connectivity index is 3.19. The van der Waals surface area contributed by atoms with Gasteiger partial charge in [-0.1, -0.05) is 37.1 Å². The third kappa shape index (κ3) is 2.87. The van der Waals surface area contributed by atoms with Gasteiger partial charge in [0.05, 0.1) is 12.0 Å². The first-order chi connectivity index (χ1) is 7.93. The second kappa shape index (κ2) is 5.33. The Bertz CT molecular complexity index is 429. The van der Waals surface area contributed by atoms with Crippen LogP contribution in [0.2, 0.25) is 0 Å². The van der Waals surface area contributed by atoms with Crippen LogP contribution in [-0.4, -0.2) is 5.11 Å². The van der Waals surface area contributed by atoms with Crippen molar-refractivity contribution in [1.29, 1.82) is 5.26 Å². The number of hydrogen-bond donors (Lipinski definition) is 1. The highest BCUT2D eigenvalue weighted by Gasteiger charge is 2.34. The molecule has 92 valence electrons. The molecule has 0 radical (unpaired) electrons. The molecule has 0 spiro atoms. The van der Waals surface area contributed by atoms with Gasteiger partial charge in [-0.05, 0) is 38.3 Å². The lowest BCUT2D eigenvalue weighted by molar-refractivity contribution is 0.0124. The fourth-order valence-corrected chi connectivity index (χ4v) is 2.23. The third-order valence-electron chi connectivity index (χ3n) is 3.35. The quantitative estimate of drug-likeness (QED) is 0.862. The maximum absolute atomic E-state index is 10.7. The lowest BCUT2D eigenvalue weighted by atomic mass is 9.79. The minimum absolute atomic E-state index is 0.354. The molecule has 0 heterocycles. The highest BCUT2D eigenvalue weighted by Crippen LogP contribution is 2.34. The molecule has 1 N–H and O–H groups in total. The summed E-state index contributed by atoms with van der Waals surface area (Å²) >= 11 is 0. The molecule has 0 bridgehead atoms. The van der Waals surface area contributed by atoms with Crippen LogP contribution in [0.25, 0.3) is 0 Å². The van der Waals surface area contributed by atoms with Gasteiger partial charge >= 0.3 is 0 Å². The summed E-state index contributed by atoms with van der Waals surface area (Å²) in [5.41, 5.74) is 1.95. The summed E-state index contributed by atoms with van der Waals surface area (Å²) in [7, 11) is 0. The molecular formula is C15H21NO. The summed E-state index contributed by atoms with van der Waals surface area (Å²) in [4.78, 5) is 0. The second-order valence-corrected chi connectivity index (χ2v) is 4.94. The van der Waals surface area contributed by atoms with Gasteiger partial charge in [0, 0.05) is 0 Å². The molecule has 1 rings (SSSR count). The smallest absolute Gasteiger partial charge is 0.103 e. The van der Waals surface area contributed by atoms with Gasteiger partial charge in [-0.25, -0.2) is 0 Å². The van der Waals surface area contributed by atoms with E-state index in [4.69, 9.17) is 0 Å². The van der Waals surface area contributed by atoms with Crippen molar-refractivity contribution in [3.8, 4) is 6.07 Å². The maximum atomic E-state index is 10.7. The summed E-state index contributed by atoms with van der Waals surface area (Å²) in [6, 6.07) is 8.24. The monoisotopic (exact) mass is 231 g/mol. The highest BCUT2D eigenvalue weighted by molar-refractivity contribution is 5.36. The number of hydrogen-bond acceptors (Lipinski definition) is 2. The molecule has 0 saturated carbocycles. The normalized spacial score (nSPS) is 16.0. The van der Waals surface area contributed by atoms with Crippen molar-refractivity contribution >= 4 is 0 Å². The summed E-state index contributed by atoms with van der Waals surface area (Å²) in [5.74, 6) is -0.354. The molecule has 0 aromatic heterocycles. The Morgan fingerprint density at radius 2 is 2.06 bits per heavy atom. The van der Waals surface area contributed by atoms with E-state index in [0.717, 1.165) is 29.5 Å². The molecule has 0 amide bonds. The average Bonchev–Trinajstić information content (AvgIpc) is 2.28. The first-order valence-corrected chi connectivity index (χ1v) is 6.13. The molecule has 0 aliphatic rings. The number of aryl methyl sites for hydroxylation is 2. The van der Waals surface area contributed by atoms with E-state index < -0.39 is 5.60 Å². The van der Waals surface area contributed by atoms with Gasteiger partial charge in [0.2, 0.25) is 0 Å². The molecule has 0 fully saturated rings. The molecule has 2 heteroatoms. The van der Waals surface area contributed by atoms with Crippen molar-refractivity contribution in [3.05, 3.63) is 34.9 Å². The van der Waals surface area contributed by atoms with Crippen LogP contribution < -0.4 is 0 Å². The summed E-state index contributed by atoms with van der Waals surface area (Å²) in [6.45, 7) is 7.76. The second-order valence-electron chi connectivity index (χ2n) is 4.94. The molecule has 2 atom stereocenters. The van der Waals surface area contributed by atoms with Crippen molar-refractivity contribution in [1.82, 2.24) is 0 Å². The average molecular weight is 231 g/mol. The summed E-state index contributed by atoms with van der Waals surface area (Å²) in [6.07, 6.45) is 1.62. The number of aliphatic hydroxyl groups is 1. The van der Waals surface area contributed by atoms with E-state index in [0.29, 0.717) is 0 Å². The zero-order valence-corrected chi connectivity index (χ0v) is 11.1. The predicted octanol–water partition coefficient (Wildman–Crippen LogP) is 3.45. The summed E-state index contributed by atoms with van der Waals surface area (Å²) in [5, 5.41) is 19.9. The Kier molecular flexibility index (Phi) is 4.31. The van der Waals surface area contributed by atoms with E-state index in [1.807, 2.05) is 39.0 Å². The van der Waals surface area contributed by atoms with Crippen molar-refractivity contribution in [2.24, 2.45) is 5.92 Å². The van der Waals surface area contributed by atoms with Crippen LogP contribution in [0, 0.1) is 31.1 Å². The van der Waals surface area contributed by atoms with Crippen molar-refractivity contribution in [2.45, 2.75) is 46.1 Å². The number of nitriles is 1. The fraction of sp³-hybridized carbons (Fsp3) is 0.533. The Hall–Kier alpha value is -1.33. The molecule has 1 aromatic rings. The number of nitrogens with zero attached hydrogens (tertiary/aromatic N) is 1. The zero-order valence-electron chi connectivity index (χ0n) is 11.1. The minimum atomic E-state index is -1.07. The van der Waals surface area contributed by atoms with Gasteiger partial charge < -0.3 is 5.11 Å². The topological polar surface area (TPSA) is 44.0 Å². The van der Waals surface area contributed by atoms with Crippen LogP contribution in [0.1, 0.15) is 43.4 Å². The summed E-state index contributed by atoms with van der Waals surface area (Å²) < 4.78 is 0. The van der Waals surface area contributed by atoms with Crippen molar-refractivity contribution in [2.75, 3.05) is 0 Å². The Labute approximate surface area is 104 Å². The first-order valence-electron chi connectivity index (χ1n) is 6.13. The lowest BCUT2D eigenvalue weighted by Gasteiger charge is -2.30. The zero-order chi connectivity index (χ0) is 13.1. The van der Waals surface area contributed by atoms with Crippen LogP contribution in [0.5, 0.6) is 0 Å². The van der Waals surface area contributed by atoms with E-state index in [1.165, 1.54) is 0 Å². The van der Waals surface area contributed by atoms with Crippen LogP contribution >= 0.6 is 0 Å². The van der Waals surface area contributed by atoms with Gasteiger partial charge in [0.25, 0.3) is 0 Å². The Morgan fingerprint density at radius 1 is 1.41 bits per heavy atom. The molecule has 2 unspecified atom stereocenters. The van der Waals surface area contributed by atoms with E-state index in [9.17, 15) is 10.4 Å². The van der Waals surface area contributed by atoms with Crippen molar-refractivity contribution < 1.29 is 5.11 Å². The van der Waals surface area contributed by atoms with Gasteiger partial charge in [-0.15, -0.1) is 0 Å². The van der Waals surface area contributed by atoms with Crippen LogP contribution in [0.3, 0.4) is 0 Å². The van der Waals surface area contributed by atoms with E-state index >= 15 is 0 Å². The van der Waals surface area contributed by atoms with E-state index in [-0.39, 0.29) is 5.92 Å². The molecule has 0 aliphatic heterocycles.